The van der Waals surface area contributed by atoms with Crippen LogP contribution >= 0.6 is 0 Å². The summed E-state index contributed by atoms with van der Waals surface area (Å²) in [5.74, 6) is -0.593. The van der Waals surface area contributed by atoms with Gasteiger partial charge in [-0.1, -0.05) is 0 Å². The minimum Gasteiger partial charge on any atom is -0.477 e. The number of piperazine rings is 1. The van der Waals surface area contributed by atoms with Gasteiger partial charge in [0.15, 0.2) is 5.69 Å². The summed E-state index contributed by atoms with van der Waals surface area (Å²) in [5.41, 5.74) is -0.632. The second kappa shape index (κ2) is 8.14. The van der Waals surface area contributed by atoms with Gasteiger partial charge in [0.1, 0.15) is 18.0 Å². The highest BCUT2D eigenvalue weighted by molar-refractivity contribution is 5.86. The molecule has 4 heterocycles. The molecule has 0 aliphatic carbocycles. The van der Waals surface area contributed by atoms with Crippen molar-refractivity contribution in [3.8, 4) is 6.01 Å². The Morgan fingerprint density at radius 1 is 1.23 bits per heavy atom. The molecule has 10 heteroatoms. The first-order valence-corrected chi connectivity index (χ1v) is 10.8. The summed E-state index contributed by atoms with van der Waals surface area (Å²) in [6, 6.07) is 1.92. The summed E-state index contributed by atoms with van der Waals surface area (Å²) in [4.78, 5) is 38.7. The first kappa shape index (κ1) is 21.6. The number of aromatic carboxylic acids is 1. The first-order chi connectivity index (χ1) is 14.6. The van der Waals surface area contributed by atoms with Gasteiger partial charge in [0.05, 0.1) is 12.1 Å². The zero-order valence-corrected chi connectivity index (χ0v) is 18.6. The molecule has 3 saturated heterocycles. The van der Waals surface area contributed by atoms with Gasteiger partial charge in [-0.05, 0) is 53.6 Å². The lowest BCUT2D eigenvalue weighted by Crippen LogP contribution is -2.50. The molecule has 1 aromatic heterocycles. The normalized spacial score (nSPS) is 25.9. The number of rotatable bonds is 5. The van der Waals surface area contributed by atoms with Crippen LogP contribution in [0.15, 0.2) is 6.07 Å². The maximum atomic E-state index is 12.5. The van der Waals surface area contributed by atoms with E-state index in [0.717, 1.165) is 25.8 Å². The lowest BCUT2D eigenvalue weighted by atomic mass is 10.2. The predicted octanol–water partition coefficient (Wildman–Crippen LogP) is 1.85. The molecular formula is C21H31N5O5. The van der Waals surface area contributed by atoms with Gasteiger partial charge in [-0.15, -0.1) is 0 Å². The van der Waals surface area contributed by atoms with E-state index >= 15 is 0 Å². The van der Waals surface area contributed by atoms with Crippen molar-refractivity contribution in [1.29, 1.82) is 0 Å². The molecule has 0 unspecified atom stereocenters. The number of carboxylic acids is 1. The van der Waals surface area contributed by atoms with Crippen molar-refractivity contribution in [3.63, 3.8) is 0 Å². The second-order valence-electron chi connectivity index (χ2n) is 9.62. The van der Waals surface area contributed by atoms with Crippen molar-refractivity contribution in [1.82, 2.24) is 19.8 Å². The molecule has 10 nitrogen and oxygen atoms in total. The molecule has 3 aliphatic rings. The Morgan fingerprint density at radius 3 is 2.58 bits per heavy atom. The van der Waals surface area contributed by atoms with E-state index in [-0.39, 0.29) is 35.9 Å². The van der Waals surface area contributed by atoms with E-state index < -0.39 is 11.6 Å². The standard InChI is InChI=1S/C21H31N5O5/c1-21(2,3)31-20(29)26-11-14-8-15(26)10-25(14)17-9-16(18(27)28)22-19(23-17)30-12-13-6-5-7-24(13)4/h9,13-15H,5-8,10-12H2,1-4H3,(H,27,28)/t13-,14-,15-/m0/s1. The third-order valence-corrected chi connectivity index (χ3v) is 6.15. The molecule has 0 saturated carbocycles. The van der Waals surface area contributed by atoms with Gasteiger partial charge in [0.25, 0.3) is 0 Å². The quantitative estimate of drug-likeness (QED) is 0.744. The van der Waals surface area contributed by atoms with E-state index in [1.165, 1.54) is 6.07 Å². The minimum absolute atomic E-state index is 0.0135. The van der Waals surface area contributed by atoms with Gasteiger partial charge >= 0.3 is 18.1 Å². The molecule has 3 atom stereocenters. The number of hydrogen-bond acceptors (Lipinski definition) is 8. The van der Waals surface area contributed by atoms with Crippen LogP contribution in [0.1, 0.15) is 50.5 Å². The zero-order chi connectivity index (χ0) is 22.3. The van der Waals surface area contributed by atoms with Crippen LogP contribution in [0.4, 0.5) is 10.6 Å². The Balaban J connectivity index is 1.46. The molecule has 0 aromatic carbocycles. The summed E-state index contributed by atoms with van der Waals surface area (Å²) in [6.45, 7) is 8.11. The predicted molar refractivity (Wildman–Crippen MR) is 113 cm³/mol. The number of ether oxygens (including phenoxy) is 2. The van der Waals surface area contributed by atoms with Crippen LogP contribution in [-0.4, -0.2) is 94.0 Å². The maximum Gasteiger partial charge on any atom is 0.410 e. The van der Waals surface area contributed by atoms with E-state index in [9.17, 15) is 14.7 Å². The van der Waals surface area contributed by atoms with Crippen molar-refractivity contribution in [2.24, 2.45) is 0 Å². The average molecular weight is 434 g/mol. The summed E-state index contributed by atoms with van der Waals surface area (Å²) < 4.78 is 11.3. The molecule has 1 aromatic rings. The number of carboxylic acid groups (broad SMARTS) is 1. The molecule has 0 radical (unpaired) electrons. The van der Waals surface area contributed by atoms with E-state index in [0.29, 0.717) is 25.5 Å². The number of carbonyl (C=O) groups is 2. The van der Waals surface area contributed by atoms with Crippen molar-refractivity contribution in [2.45, 2.75) is 63.8 Å². The van der Waals surface area contributed by atoms with Gasteiger partial charge in [0, 0.05) is 25.2 Å². The van der Waals surface area contributed by atoms with Crippen molar-refractivity contribution >= 4 is 17.9 Å². The number of likely N-dealkylation sites (tertiary alicyclic amines) is 2. The van der Waals surface area contributed by atoms with Gasteiger partial charge in [0.2, 0.25) is 0 Å². The fraction of sp³-hybridized carbons (Fsp3) is 0.714. The molecule has 3 aliphatic heterocycles. The van der Waals surface area contributed by atoms with Crippen molar-refractivity contribution in [3.05, 3.63) is 11.8 Å². The Kier molecular flexibility index (Phi) is 5.67. The maximum absolute atomic E-state index is 12.5. The Bertz CT molecular complexity index is 857. The molecule has 4 rings (SSSR count). The summed E-state index contributed by atoms with van der Waals surface area (Å²) >= 11 is 0. The fourth-order valence-electron chi connectivity index (χ4n) is 4.59. The number of nitrogens with zero attached hydrogens (tertiary/aromatic N) is 5. The Morgan fingerprint density at radius 2 is 2.00 bits per heavy atom. The monoisotopic (exact) mass is 433 g/mol. The average Bonchev–Trinajstić information content (AvgIpc) is 3.40. The van der Waals surface area contributed by atoms with E-state index in [1.807, 2.05) is 25.7 Å². The number of amides is 1. The highest BCUT2D eigenvalue weighted by Gasteiger charge is 2.47. The van der Waals surface area contributed by atoms with Gasteiger partial charge in [-0.2, -0.15) is 9.97 Å². The summed E-state index contributed by atoms with van der Waals surface area (Å²) in [7, 11) is 2.05. The van der Waals surface area contributed by atoms with Crippen LogP contribution in [0.3, 0.4) is 0 Å². The van der Waals surface area contributed by atoms with Gasteiger partial charge in [-0.3, -0.25) is 0 Å². The molecule has 1 N–H and O–H groups in total. The molecule has 0 spiro atoms. The highest BCUT2D eigenvalue weighted by Crippen LogP contribution is 2.35. The number of hydrogen-bond donors (Lipinski definition) is 1. The number of carbonyl (C=O) groups excluding carboxylic acids is 1. The smallest absolute Gasteiger partial charge is 0.410 e. The van der Waals surface area contributed by atoms with Gasteiger partial charge < -0.3 is 29.3 Å². The number of fused-ring (bicyclic) bond motifs is 2. The Hall–Kier alpha value is -2.62. The summed E-state index contributed by atoms with van der Waals surface area (Å²) in [5, 5.41) is 9.51. The first-order valence-electron chi connectivity index (χ1n) is 10.8. The lowest BCUT2D eigenvalue weighted by molar-refractivity contribution is 0.0214. The minimum atomic E-state index is -1.12. The Labute approximate surface area is 182 Å². The SMILES string of the molecule is CN1CCC[C@H]1COc1nc(C(=O)O)cc(N2C[C@@H]3C[C@H]2CN3C(=O)OC(C)(C)C)n1. The largest absolute Gasteiger partial charge is 0.477 e. The molecule has 31 heavy (non-hydrogen) atoms. The topological polar surface area (TPSA) is 108 Å². The zero-order valence-electron chi connectivity index (χ0n) is 18.6. The lowest BCUT2D eigenvalue weighted by Gasteiger charge is -2.35. The van der Waals surface area contributed by atoms with E-state index in [2.05, 4.69) is 21.9 Å². The van der Waals surface area contributed by atoms with Gasteiger partial charge in [-0.25, -0.2) is 9.59 Å². The second-order valence-corrected chi connectivity index (χ2v) is 9.62. The molecule has 3 fully saturated rings. The van der Waals surface area contributed by atoms with Crippen LogP contribution in [0.2, 0.25) is 0 Å². The van der Waals surface area contributed by atoms with E-state index in [4.69, 9.17) is 9.47 Å². The van der Waals surface area contributed by atoms with Crippen molar-refractivity contribution in [2.75, 3.05) is 38.2 Å². The van der Waals surface area contributed by atoms with Crippen LogP contribution < -0.4 is 9.64 Å². The molecule has 1 amide bonds. The van der Waals surface area contributed by atoms with Crippen LogP contribution in [-0.2, 0) is 4.74 Å². The number of anilines is 1. The summed E-state index contributed by atoms with van der Waals surface area (Å²) in [6.07, 6.45) is 2.66. The van der Waals surface area contributed by atoms with Crippen LogP contribution in [0.5, 0.6) is 6.01 Å². The molecular weight excluding hydrogens is 402 g/mol. The third-order valence-electron chi connectivity index (χ3n) is 6.15. The van der Waals surface area contributed by atoms with E-state index in [1.54, 1.807) is 4.90 Å². The van der Waals surface area contributed by atoms with Crippen LogP contribution in [0, 0.1) is 0 Å². The number of aromatic nitrogens is 2. The highest BCUT2D eigenvalue weighted by atomic mass is 16.6. The third kappa shape index (κ3) is 4.68. The molecule has 170 valence electrons. The van der Waals surface area contributed by atoms with Crippen LogP contribution in [0.25, 0.3) is 0 Å². The molecule has 2 bridgehead atoms. The number of likely N-dealkylation sites (N-methyl/N-ethyl adjacent to an activating group) is 1. The van der Waals surface area contributed by atoms with Crippen molar-refractivity contribution < 1.29 is 24.2 Å². The fourth-order valence-corrected chi connectivity index (χ4v) is 4.59.